The first-order valence-electron chi connectivity index (χ1n) is 8.10. The zero-order valence-corrected chi connectivity index (χ0v) is 16.1. The molecule has 0 saturated heterocycles. The van der Waals surface area contributed by atoms with Gasteiger partial charge in [0.1, 0.15) is 0 Å². The zero-order chi connectivity index (χ0) is 18.1. The van der Waals surface area contributed by atoms with E-state index in [1.54, 1.807) is 26.0 Å². The number of hydrogen-bond acceptors (Lipinski definition) is 5. The van der Waals surface area contributed by atoms with Crippen molar-refractivity contribution in [1.82, 2.24) is 5.32 Å². The van der Waals surface area contributed by atoms with Crippen LogP contribution in [-0.2, 0) is 6.42 Å². The lowest BCUT2D eigenvalue weighted by atomic mass is 10.1. The fraction of sp³-hybridized carbons (Fsp3) is 0.368. The number of halogens is 1. The summed E-state index contributed by atoms with van der Waals surface area (Å²) in [7, 11) is 3.26. The number of thioether (sulfide) groups is 1. The maximum atomic E-state index is 10.1. The minimum atomic E-state index is -0.397. The van der Waals surface area contributed by atoms with Crippen molar-refractivity contribution < 1.29 is 14.6 Å². The van der Waals surface area contributed by atoms with Crippen molar-refractivity contribution in [2.24, 2.45) is 0 Å². The third-order valence-electron chi connectivity index (χ3n) is 3.67. The Kier molecular flexibility index (Phi) is 8.41. The molecule has 0 saturated carbocycles. The molecule has 0 aliphatic carbocycles. The van der Waals surface area contributed by atoms with E-state index < -0.39 is 6.10 Å². The maximum Gasteiger partial charge on any atom is 0.160 e. The van der Waals surface area contributed by atoms with Crippen LogP contribution >= 0.6 is 23.4 Å². The fourth-order valence-corrected chi connectivity index (χ4v) is 3.28. The molecule has 0 aliphatic rings. The smallest absolute Gasteiger partial charge is 0.160 e. The summed E-state index contributed by atoms with van der Waals surface area (Å²) in [6, 6.07) is 13.6. The van der Waals surface area contributed by atoms with Crippen LogP contribution in [0, 0.1) is 0 Å². The van der Waals surface area contributed by atoms with E-state index in [9.17, 15) is 5.11 Å². The highest BCUT2D eigenvalue weighted by molar-refractivity contribution is 7.99. The van der Waals surface area contributed by atoms with Gasteiger partial charge in [0.25, 0.3) is 0 Å². The SMILES string of the molecule is COc1ccc(CCNCC(O)CSc2ccc(Cl)cc2)cc1OC. The molecular formula is C19H24ClNO3S. The lowest BCUT2D eigenvalue weighted by molar-refractivity contribution is 0.196. The Hall–Kier alpha value is -1.40. The van der Waals surface area contributed by atoms with E-state index >= 15 is 0 Å². The number of methoxy groups -OCH3 is 2. The average Bonchev–Trinajstić information content (AvgIpc) is 2.64. The van der Waals surface area contributed by atoms with Gasteiger partial charge in [0, 0.05) is 22.2 Å². The van der Waals surface area contributed by atoms with Gasteiger partial charge in [-0.1, -0.05) is 17.7 Å². The average molecular weight is 382 g/mol. The predicted molar refractivity (Wildman–Crippen MR) is 104 cm³/mol. The second-order valence-electron chi connectivity index (χ2n) is 5.56. The lowest BCUT2D eigenvalue weighted by Gasteiger charge is -2.12. The topological polar surface area (TPSA) is 50.7 Å². The highest BCUT2D eigenvalue weighted by Gasteiger charge is 2.07. The van der Waals surface area contributed by atoms with Gasteiger partial charge in [-0.2, -0.15) is 0 Å². The first-order valence-corrected chi connectivity index (χ1v) is 9.46. The van der Waals surface area contributed by atoms with E-state index in [0.717, 1.165) is 39.9 Å². The summed E-state index contributed by atoms with van der Waals surface area (Å²) >= 11 is 7.48. The minimum absolute atomic E-state index is 0.397. The number of aliphatic hydroxyl groups excluding tert-OH is 1. The van der Waals surface area contributed by atoms with Crippen molar-refractivity contribution >= 4 is 23.4 Å². The predicted octanol–water partition coefficient (Wildman–Crippen LogP) is 3.64. The van der Waals surface area contributed by atoms with Gasteiger partial charge in [0.15, 0.2) is 11.5 Å². The van der Waals surface area contributed by atoms with Crippen molar-refractivity contribution in [2.45, 2.75) is 17.4 Å². The van der Waals surface area contributed by atoms with Crippen LogP contribution in [0.1, 0.15) is 5.56 Å². The van der Waals surface area contributed by atoms with Gasteiger partial charge in [-0.25, -0.2) is 0 Å². The Morgan fingerprint density at radius 1 is 1.08 bits per heavy atom. The Bertz CT molecular complexity index is 652. The number of ether oxygens (including phenoxy) is 2. The molecule has 2 N–H and O–H groups in total. The van der Waals surface area contributed by atoms with Crippen LogP contribution in [0.3, 0.4) is 0 Å². The van der Waals surface area contributed by atoms with Gasteiger partial charge < -0.3 is 19.9 Å². The van der Waals surface area contributed by atoms with Gasteiger partial charge in [-0.05, 0) is 54.9 Å². The van der Waals surface area contributed by atoms with Crippen LogP contribution in [-0.4, -0.2) is 44.3 Å². The largest absolute Gasteiger partial charge is 0.493 e. The number of hydrogen-bond donors (Lipinski definition) is 2. The van der Waals surface area contributed by atoms with E-state index in [4.69, 9.17) is 21.1 Å². The molecule has 2 aromatic rings. The summed E-state index contributed by atoms with van der Waals surface area (Å²) in [4.78, 5) is 1.11. The van der Waals surface area contributed by atoms with E-state index in [-0.39, 0.29) is 0 Å². The molecule has 4 nitrogen and oxygen atoms in total. The molecule has 0 heterocycles. The molecule has 25 heavy (non-hydrogen) atoms. The first-order chi connectivity index (χ1) is 12.1. The summed E-state index contributed by atoms with van der Waals surface area (Å²) in [5.74, 6) is 2.11. The van der Waals surface area contributed by atoms with Crippen LogP contribution in [0.4, 0.5) is 0 Å². The number of rotatable bonds is 10. The molecule has 0 fully saturated rings. The molecule has 0 radical (unpaired) electrons. The molecule has 0 aliphatic heterocycles. The quantitative estimate of drug-likeness (QED) is 0.486. The highest BCUT2D eigenvalue weighted by atomic mass is 35.5. The van der Waals surface area contributed by atoms with Crippen molar-refractivity contribution in [3.63, 3.8) is 0 Å². The Labute approximate surface area is 158 Å². The second-order valence-corrected chi connectivity index (χ2v) is 7.09. The monoisotopic (exact) mass is 381 g/mol. The summed E-state index contributed by atoms with van der Waals surface area (Å²) in [5, 5.41) is 14.1. The molecule has 2 rings (SSSR count). The van der Waals surface area contributed by atoms with Crippen LogP contribution < -0.4 is 14.8 Å². The van der Waals surface area contributed by atoms with Gasteiger partial charge in [-0.15, -0.1) is 11.8 Å². The lowest BCUT2D eigenvalue weighted by Crippen LogP contribution is -2.29. The molecule has 2 aromatic carbocycles. The Morgan fingerprint density at radius 2 is 1.80 bits per heavy atom. The van der Waals surface area contributed by atoms with E-state index in [1.165, 1.54) is 0 Å². The maximum absolute atomic E-state index is 10.1. The van der Waals surface area contributed by atoms with Gasteiger partial charge in [0.05, 0.1) is 20.3 Å². The summed E-state index contributed by atoms with van der Waals surface area (Å²) in [6.45, 7) is 1.35. The molecule has 6 heteroatoms. The van der Waals surface area contributed by atoms with Crippen LogP contribution in [0.5, 0.6) is 11.5 Å². The molecule has 136 valence electrons. The second kappa shape index (κ2) is 10.6. The van der Waals surface area contributed by atoms with Gasteiger partial charge >= 0.3 is 0 Å². The molecular weight excluding hydrogens is 358 g/mol. The number of aliphatic hydroxyl groups is 1. The van der Waals surface area contributed by atoms with Gasteiger partial charge in [-0.3, -0.25) is 0 Å². The van der Waals surface area contributed by atoms with Crippen molar-refractivity contribution in [1.29, 1.82) is 0 Å². The third kappa shape index (κ3) is 6.78. The molecule has 0 bridgehead atoms. The van der Waals surface area contributed by atoms with E-state index in [0.29, 0.717) is 12.3 Å². The minimum Gasteiger partial charge on any atom is -0.493 e. The molecule has 0 aromatic heterocycles. The first kappa shape index (κ1) is 19.9. The van der Waals surface area contributed by atoms with Crippen molar-refractivity contribution in [3.8, 4) is 11.5 Å². The molecule has 1 unspecified atom stereocenters. The third-order valence-corrected chi connectivity index (χ3v) is 5.08. The fourth-order valence-electron chi connectivity index (χ4n) is 2.32. The van der Waals surface area contributed by atoms with Crippen molar-refractivity contribution in [2.75, 3.05) is 33.1 Å². The normalized spacial score (nSPS) is 12.0. The summed E-state index contributed by atoms with van der Waals surface area (Å²) in [6.07, 6.45) is 0.461. The molecule has 0 amide bonds. The van der Waals surface area contributed by atoms with Crippen LogP contribution in [0.15, 0.2) is 47.4 Å². The number of nitrogens with one attached hydrogen (secondary N) is 1. The molecule has 1 atom stereocenters. The van der Waals surface area contributed by atoms with Crippen molar-refractivity contribution in [3.05, 3.63) is 53.1 Å². The zero-order valence-electron chi connectivity index (χ0n) is 14.5. The van der Waals surface area contributed by atoms with Crippen LogP contribution in [0.25, 0.3) is 0 Å². The Morgan fingerprint density at radius 3 is 2.48 bits per heavy atom. The molecule has 0 spiro atoms. The Balaban J connectivity index is 1.67. The van der Waals surface area contributed by atoms with Crippen LogP contribution in [0.2, 0.25) is 5.02 Å². The summed E-state index contributed by atoms with van der Waals surface area (Å²) in [5.41, 5.74) is 1.16. The summed E-state index contributed by atoms with van der Waals surface area (Å²) < 4.78 is 10.5. The van der Waals surface area contributed by atoms with Gasteiger partial charge in [0.2, 0.25) is 0 Å². The standard InChI is InChI=1S/C19H24ClNO3S/c1-23-18-8-3-14(11-19(18)24-2)9-10-21-12-16(22)13-25-17-6-4-15(20)5-7-17/h3-8,11,16,21-22H,9-10,12-13H2,1-2H3. The number of benzene rings is 2. The highest BCUT2D eigenvalue weighted by Crippen LogP contribution is 2.27. The van der Waals surface area contributed by atoms with E-state index in [2.05, 4.69) is 5.32 Å². The van der Waals surface area contributed by atoms with E-state index in [1.807, 2.05) is 42.5 Å².